The number of nitrogen functional groups attached to an aromatic ring is 1. The number of aryl methyl sites for hydroxylation is 1. The van der Waals surface area contributed by atoms with Crippen LogP contribution in [0.2, 0.25) is 0 Å². The predicted octanol–water partition coefficient (Wildman–Crippen LogP) is 3.16. The molecule has 2 aromatic carbocycles. The highest BCUT2D eigenvalue weighted by Crippen LogP contribution is 2.26. The van der Waals surface area contributed by atoms with Crippen molar-refractivity contribution < 1.29 is 4.79 Å². The van der Waals surface area contributed by atoms with Gasteiger partial charge in [0.25, 0.3) is 0 Å². The average Bonchev–Trinajstić information content (AvgIpc) is 2.93. The third-order valence-electron chi connectivity index (χ3n) is 3.52. The van der Waals surface area contributed by atoms with E-state index < -0.39 is 0 Å². The van der Waals surface area contributed by atoms with Crippen molar-refractivity contribution in [1.82, 2.24) is 4.98 Å². The van der Waals surface area contributed by atoms with Crippen LogP contribution in [0.15, 0.2) is 42.6 Å². The molecule has 1 heterocycles. The van der Waals surface area contributed by atoms with Gasteiger partial charge in [-0.05, 0) is 31.2 Å². The van der Waals surface area contributed by atoms with Gasteiger partial charge in [0.15, 0.2) is 5.78 Å². The van der Waals surface area contributed by atoms with Crippen molar-refractivity contribution >= 4 is 22.4 Å². The van der Waals surface area contributed by atoms with Gasteiger partial charge in [-0.1, -0.05) is 17.7 Å². The Bertz CT molecular complexity index is 900. The van der Waals surface area contributed by atoms with E-state index in [0.29, 0.717) is 27.8 Å². The molecule has 3 N–H and O–H groups in total. The van der Waals surface area contributed by atoms with E-state index in [1.54, 1.807) is 30.5 Å². The zero-order chi connectivity index (χ0) is 15.0. The molecule has 3 rings (SSSR count). The number of hydrogen-bond donors (Lipinski definition) is 2. The monoisotopic (exact) mass is 275 g/mol. The number of benzene rings is 2. The highest BCUT2D eigenvalue weighted by molar-refractivity contribution is 6.19. The number of carbonyl (C=O) groups is 1. The highest BCUT2D eigenvalue weighted by atomic mass is 16.1. The summed E-state index contributed by atoms with van der Waals surface area (Å²) in [6.07, 6.45) is 1.63. The summed E-state index contributed by atoms with van der Waals surface area (Å²) >= 11 is 0. The van der Waals surface area contributed by atoms with Crippen LogP contribution in [0.4, 0.5) is 5.69 Å². The molecule has 3 aromatic rings. The molecule has 0 spiro atoms. The molecule has 0 fully saturated rings. The number of aromatic nitrogens is 1. The number of nitrogens with two attached hydrogens (primary N) is 1. The lowest BCUT2D eigenvalue weighted by atomic mass is 9.97. The SMILES string of the molecule is Cc1ccc(N)c(C(=O)c2c[nH]c3cccc(C#N)c23)c1. The topological polar surface area (TPSA) is 82.7 Å². The minimum atomic E-state index is -0.176. The number of H-pyrrole nitrogens is 1. The fraction of sp³-hybridized carbons (Fsp3) is 0.0588. The maximum absolute atomic E-state index is 12.8. The van der Waals surface area contributed by atoms with Gasteiger partial charge < -0.3 is 10.7 Å². The van der Waals surface area contributed by atoms with Crippen molar-refractivity contribution in [3.63, 3.8) is 0 Å². The highest BCUT2D eigenvalue weighted by Gasteiger charge is 2.18. The van der Waals surface area contributed by atoms with E-state index in [9.17, 15) is 10.1 Å². The Hall–Kier alpha value is -3.06. The first-order valence-electron chi connectivity index (χ1n) is 6.53. The van der Waals surface area contributed by atoms with Crippen molar-refractivity contribution in [2.45, 2.75) is 6.92 Å². The first kappa shape index (κ1) is 12.9. The number of nitrogens with one attached hydrogen (secondary N) is 1. The predicted molar refractivity (Wildman–Crippen MR) is 82.0 cm³/mol. The minimum absolute atomic E-state index is 0.176. The molecule has 102 valence electrons. The molecular formula is C17H13N3O. The molecule has 0 radical (unpaired) electrons. The number of anilines is 1. The largest absolute Gasteiger partial charge is 0.398 e. The van der Waals surface area contributed by atoms with Crippen LogP contribution in [0.3, 0.4) is 0 Å². The molecule has 1 aromatic heterocycles. The summed E-state index contributed by atoms with van der Waals surface area (Å²) in [6, 6.07) is 12.8. The van der Waals surface area contributed by atoms with Gasteiger partial charge in [0.1, 0.15) is 0 Å². The van der Waals surface area contributed by atoms with Gasteiger partial charge in [0.2, 0.25) is 0 Å². The molecule has 4 nitrogen and oxygen atoms in total. The van der Waals surface area contributed by atoms with Crippen molar-refractivity contribution in [3.05, 3.63) is 64.8 Å². The molecule has 0 bridgehead atoms. The second-order valence-corrected chi connectivity index (χ2v) is 4.96. The standard InChI is InChI=1S/C17H13N3O/c1-10-5-6-14(19)12(7-10)17(21)13-9-20-15-4-2-3-11(8-18)16(13)15/h2-7,9,20H,19H2,1H3. The number of nitriles is 1. The minimum Gasteiger partial charge on any atom is -0.398 e. The Morgan fingerprint density at radius 3 is 2.81 bits per heavy atom. The number of hydrogen-bond acceptors (Lipinski definition) is 3. The quantitative estimate of drug-likeness (QED) is 0.556. The number of carbonyl (C=O) groups excluding carboxylic acids is 1. The van der Waals surface area contributed by atoms with E-state index >= 15 is 0 Å². The lowest BCUT2D eigenvalue weighted by molar-refractivity contribution is 0.104. The molecule has 0 aliphatic heterocycles. The zero-order valence-corrected chi connectivity index (χ0v) is 11.5. The van der Waals surface area contributed by atoms with E-state index in [0.717, 1.165) is 11.1 Å². The van der Waals surface area contributed by atoms with Crippen molar-refractivity contribution in [1.29, 1.82) is 5.26 Å². The van der Waals surface area contributed by atoms with Crippen LogP contribution in [0.5, 0.6) is 0 Å². The zero-order valence-electron chi connectivity index (χ0n) is 11.5. The van der Waals surface area contributed by atoms with Crippen LogP contribution < -0.4 is 5.73 Å². The summed E-state index contributed by atoms with van der Waals surface area (Å²) in [4.78, 5) is 15.8. The molecular weight excluding hydrogens is 262 g/mol. The lowest BCUT2D eigenvalue weighted by Crippen LogP contribution is -2.05. The normalized spacial score (nSPS) is 10.5. The summed E-state index contributed by atoms with van der Waals surface area (Å²) in [5.74, 6) is -0.176. The van der Waals surface area contributed by atoms with E-state index in [1.807, 2.05) is 19.1 Å². The van der Waals surface area contributed by atoms with Crippen molar-refractivity contribution in [3.8, 4) is 6.07 Å². The summed E-state index contributed by atoms with van der Waals surface area (Å²) in [6.45, 7) is 1.91. The molecule has 0 unspecified atom stereocenters. The maximum Gasteiger partial charge on any atom is 0.197 e. The van der Waals surface area contributed by atoms with E-state index in [1.165, 1.54) is 0 Å². The van der Waals surface area contributed by atoms with Crippen LogP contribution >= 0.6 is 0 Å². The van der Waals surface area contributed by atoms with Gasteiger partial charge >= 0.3 is 0 Å². The van der Waals surface area contributed by atoms with Gasteiger partial charge in [-0.15, -0.1) is 0 Å². The van der Waals surface area contributed by atoms with Gasteiger partial charge in [0, 0.05) is 33.9 Å². The molecule has 21 heavy (non-hydrogen) atoms. The van der Waals surface area contributed by atoms with E-state index in [-0.39, 0.29) is 5.78 Å². The molecule has 0 aliphatic carbocycles. The summed E-state index contributed by atoms with van der Waals surface area (Å²) in [5.41, 5.74) is 9.50. The van der Waals surface area contributed by atoms with Crippen LogP contribution in [0.1, 0.15) is 27.0 Å². The molecule has 0 atom stereocenters. The second kappa shape index (κ2) is 4.80. The van der Waals surface area contributed by atoms with Gasteiger partial charge in [-0.25, -0.2) is 0 Å². The van der Waals surface area contributed by atoms with Crippen LogP contribution in [-0.4, -0.2) is 10.8 Å². The maximum atomic E-state index is 12.8. The molecule has 0 aliphatic rings. The molecule has 0 amide bonds. The average molecular weight is 275 g/mol. The Balaban J connectivity index is 2.24. The Labute approximate surface area is 121 Å². The van der Waals surface area contributed by atoms with Gasteiger partial charge in [0.05, 0.1) is 11.6 Å². The molecule has 4 heteroatoms. The fourth-order valence-electron chi connectivity index (χ4n) is 2.47. The summed E-state index contributed by atoms with van der Waals surface area (Å²) in [5, 5.41) is 9.87. The molecule has 0 saturated carbocycles. The van der Waals surface area contributed by atoms with Crippen molar-refractivity contribution in [2.24, 2.45) is 0 Å². The lowest BCUT2D eigenvalue weighted by Gasteiger charge is -2.06. The number of nitrogens with zero attached hydrogens (tertiary/aromatic N) is 1. The smallest absolute Gasteiger partial charge is 0.197 e. The van der Waals surface area contributed by atoms with E-state index in [4.69, 9.17) is 5.73 Å². The van der Waals surface area contributed by atoms with Crippen LogP contribution in [0, 0.1) is 18.3 Å². The Morgan fingerprint density at radius 1 is 1.24 bits per heavy atom. The molecule has 0 saturated heterocycles. The summed E-state index contributed by atoms with van der Waals surface area (Å²) < 4.78 is 0. The first-order chi connectivity index (χ1) is 10.1. The van der Waals surface area contributed by atoms with Crippen LogP contribution in [0.25, 0.3) is 10.9 Å². The number of aromatic amines is 1. The number of ketones is 1. The van der Waals surface area contributed by atoms with Crippen LogP contribution in [-0.2, 0) is 0 Å². The Morgan fingerprint density at radius 2 is 2.05 bits per heavy atom. The summed E-state index contributed by atoms with van der Waals surface area (Å²) in [7, 11) is 0. The number of rotatable bonds is 2. The second-order valence-electron chi connectivity index (χ2n) is 4.96. The fourth-order valence-corrected chi connectivity index (χ4v) is 2.47. The third-order valence-corrected chi connectivity index (χ3v) is 3.52. The van der Waals surface area contributed by atoms with Gasteiger partial charge in [-0.2, -0.15) is 5.26 Å². The first-order valence-corrected chi connectivity index (χ1v) is 6.53. The Kier molecular flexibility index (Phi) is 2.96. The van der Waals surface area contributed by atoms with Gasteiger partial charge in [-0.3, -0.25) is 4.79 Å². The number of fused-ring (bicyclic) bond motifs is 1. The van der Waals surface area contributed by atoms with Crippen molar-refractivity contribution in [2.75, 3.05) is 5.73 Å². The third kappa shape index (κ3) is 2.05. The van der Waals surface area contributed by atoms with E-state index in [2.05, 4.69) is 11.1 Å².